The fourth-order valence-corrected chi connectivity index (χ4v) is 13.8. The van der Waals surface area contributed by atoms with E-state index in [9.17, 15) is 8.42 Å². The molecule has 0 aromatic heterocycles. The molecule has 0 amide bonds. The van der Waals surface area contributed by atoms with Crippen LogP contribution in [-0.4, -0.2) is 8.42 Å². The van der Waals surface area contributed by atoms with E-state index in [4.69, 9.17) is 2.51 Å². The Balaban J connectivity index is 1.37. The second-order valence-electron chi connectivity index (χ2n) is 10.1. The number of halogens is 1. The fourth-order valence-electron chi connectivity index (χ4n) is 5.89. The summed E-state index contributed by atoms with van der Waals surface area (Å²) in [6.45, 7) is 0. The van der Waals surface area contributed by atoms with Crippen LogP contribution < -0.4 is 0 Å². The molecule has 0 spiro atoms. The second kappa shape index (κ2) is 9.52. The van der Waals surface area contributed by atoms with E-state index in [0.717, 1.165) is 55.6 Å². The van der Waals surface area contributed by atoms with Gasteiger partial charge in [-0.1, -0.05) is 0 Å². The molecule has 3 nitrogen and oxygen atoms in total. The Morgan fingerprint density at radius 2 is 0.878 bits per heavy atom. The van der Waals surface area contributed by atoms with Crippen molar-refractivity contribution < 1.29 is 10.9 Å². The molecule has 41 heavy (non-hydrogen) atoms. The summed E-state index contributed by atoms with van der Waals surface area (Å²) in [6.07, 6.45) is 0. The Morgan fingerprint density at radius 3 is 1.51 bits per heavy atom. The van der Waals surface area contributed by atoms with Gasteiger partial charge in [0, 0.05) is 0 Å². The Kier molecular flexibility index (Phi) is 5.74. The third kappa shape index (κ3) is 3.99. The molecule has 0 saturated carbocycles. The standard InChI is InChI=1S/C36H23IO3S/c38-41(39,34-23-21-28-19-18-26-12-5-13-27-20-22-31(34)36(28)35(26)27)40-37(32-16-6-10-24-8-1-3-14-29(24)32)33-17-7-11-25-9-2-4-15-30(25)33/h1-23H. The van der Waals surface area contributed by atoms with Crippen molar-refractivity contribution >= 4 is 84.2 Å². The monoisotopic (exact) mass is 662 g/mol. The van der Waals surface area contributed by atoms with E-state index in [1.165, 1.54) is 0 Å². The summed E-state index contributed by atoms with van der Waals surface area (Å²) in [5.41, 5.74) is 0. The molecule has 0 aliphatic carbocycles. The molecule has 0 aliphatic heterocycles. The molecule has 0 N–H and O–H groups in total. The van der Waals surface area contributed by atoms with Crippen LogP contribution in [0.15, 0.2) is 144 Å². The SMILES string of the molecule is O=S(=O)(OI(c1cccc2ccccc12)c1cccc2ccccc12)c1ccc2ccc3cccc4ccc1c2c34. The molecule has 0 fully saturated rings. The van der Waals surface area contributed by atoms with Crippen LogP contribution in [0.4, 0.5) is 0 Å². The average Bonchev–Trinajstić information content (AvgIpc) is 3.02. The first kappa shape index (κ1) is 24.7. The number of hydrogen-bond donors (Lipinski definition) is 0. The fraction of sp³-hybridized carbons (Fsp3) is 0. The molecule has 0 saturated heterocycles. The molecule has 0 unspecified atom stereocenters. The summed E-state index contributed by atoms with van der Waals surface area (Å²) in [5, 5.41) is 10.1. The zero-order valence-electron chi connectivity index (χ0n) is 21.8. The number of rotatable bonds is 5. The first-order valence-corrected chi connectivity index (χ1v) is 17.8. The summed E-state index contributed by atoms with van der Waals surface area (Å²) >= 11 is -3.03. The van der Waals surface area contributed by atoms with Crippen LogP contribution in [0.2, 0.25) is 0 Å². The molecule has 5 heteroatoms. The molecular formula is C36H23IO3S. The molecule has 0 aliphatic rings. The van der Waals surface area contributed by atoms with Gasteiger partial charge in [-0.3, -0.25) is 0 Å². The topological polar surface area (TPSA) is 43.4 Å². The molecule has 0 radical (unpaired) electrons. The predicted octanol–water partition coefficient (Wildman–Crippen LogP) is 9.76. The van der Waals surface area contributed by atoms with Gasteiger partial charge in [-0.05, 0) is 0 Å². The van der Waals surface area contributed by atoms with Crippen molar-refractivity contribution in [1.29, 1.82) is 0 Å². The van der Waals surface area contributed by atoms with Gasteiger partial charge in [0.05, 0.1) is 0 Å². The predicted molar refractivity (Wildman–Crippen MR) is 178 cm³/mol. The Bertz CT molecular complexity index is 2270. The normalized spacial score (nSPS) is 12.6. The van der Waals surface area contributed by atoms with Crippen LogP contribution >= 0.6 is 20.2 Å². The molecule has 0 bridgehead atoms. The van der Waals surface area contributed by atoms with Crippen molar-refractivity contribution in [2.75, 3.05) is 0 Å². The van der Waals surface area contributed by atoms with Crippen LogP contribution in [0.5, 0.6) is 0 Å². The van der Waals surface area contributed by atoms with Gasteiger partial charge < -0.3 is 0 Å². The third-order valence-corrected chi connectivity index (χ3v) is 15.4. The van der Waals surface area contributed by atoms with E-state index < -0.39 is 30.4 Å². The summed E-state index contributed by atoms with van der Waals surface area (Å²) in [4.78, 5) is 0.214. The van der Waals surface area contributed by atoms with Crippen LogP contribution in [0.3, 0.4) is 0 Å². The van der Waals surface area contributed by atoms with E-state index >= 15 is 0 Å². The van der Waals surface area contributed by atoms with Crippen molar-refractivity contribution in [3.05, 3.63) is 147 Å². The van der Waals surface area contributed by atoms with E-state index in [-0.39, 0.29) is 4.90 Å². The molecule has 8 aromatic rings. The summed E-state index contributed by atoms with van der Waals surface area (Å²) < 4.78 is 37.3. The molecule has 0 heterocycles. The van der Waals surface area contributed by atoms with Crippen LogP contribution in [0.25, 0.3) is 53.9 Å². The second-order valence-corrected chi connectivity index (χ2v) is 16.4. The van der Waals surface area contributed by atoms with Crippen molar-refractivity contribution in [3.8, 4) is 0 Å². The van der Waals surface area contributed by atoms with Gasteiger partial charge >= 0.3 is 247 Å². The van der Waals surface area contributed by atoms with Crippen molar-refractivity contribution in [3.63, 3.8) is 0 Å². The first-order chi connectivity index (χ1) is 20.1. The van der Waals surface area contributed by atoms with Crippen molar-refractivity contribution in [2.45, 2.75) is 4.90 Å². The average molecular weight is 663 g/mol. The van der Waals surface area contributed by atoms with Crippen molar-refractivity contribution in [2.24, 2.45) is 0 Å². The van der Waals surface area contributed by atoms with Gasteiger partial charge in [0.1, 0.15) is 0 Å². The molecule has 0 atom stereocenters. The zero-order chi connectivity index (χ0) is 27.6. The van der Waals surface area contributed by atoms with Crippen LogP contribution in [-0.2, 0) is 12.6 Å². The number of hydrogen-bond acceptors (Lipinski definition) is 3. The summed E-state index contributed by atoms with van der Waals surface area (Å²) in [7, 11) is -4.15. The molecule has 8 rings (SSSR count). The van der Waals surface area contributed by atoms with E-state index in [0.29, 0.717) is 5.39 Å². The molecule has 198 valence electrons. The Labute approximate surface area is 245 Å². The van der Waals surface area contributed by atoms with E-state index in [1.807, 2.05) is 72.8 Å². The van der Waals surface area contributed by atoms with Gasteiger partial charge in [0.25, 0.3) is 0 Å². The maximum absolute atomic E-state index is 14.4. The molecular weight excluding hydrogens is 639 g/mol. The Hall–Kier alpha value is -4.04. The Morgan fingerprint density at radius 1 is 0.415 bits per heavy atom. The van der Waals surface area contributed by atoms with E-state index in [2.05, 4.69) is 60.7 Å². The van der Waals surface area contributed by atoms with Gasteiger partial charge in [-0.25, -0.2) is 0 Å². The summed E-state index contributed by atoms with van der Waals surface area (Å²) in [5.74, 6) is 0. The van der Waals surface area contributed by atoms with Gasteiger partial charge in [0.2, 0.25) is 0 Å². The summed E-state index contributed by atoms with van der Waals surface area (Å²) in [6, 6.07) is 46.3. The van der Waals surface area contributed by atoms with Gasteiger partial charge in [0.15, 0.2) is 0 Å². The maximum atomic E-state index is 14.4. The zero-order valence-corrected chi connectivity index (χ0v) is 24.8. The number of fused-ring (bicyclic) bond motifs is 2. The minimum absolute atomic E-state index is 0.214. The quantitative estimate of drug-likeness (QED) is 0.136. The van der Waals surface area contributed by atoms with Crippen LogP contribution in [0, 0.1) is 7.14 Å². The number of benzene rings is 8. The first-order valence-electron chi connectivity index (χ1n) is 13.4. The van der Waals surface area contributed by atoms with E-state index in [1.54, 1.807) is 6.07 Å². The minimum atomic E-state index is -4.15. The van der Waals surface area contributed by atoms with Crippen LogP contribution in [0.1, 0.15) is 0 Å². The van der Waals surface area contributed by atoms with Gasteiger partial charge in [-0.15, -0.1) is 0 Å². The van der Waals surface area contributed by atoms with Gasteiger partial charge in [-0.2, -0.15) is 0 Å². The molecule has 8 aromatic carbocycles. The van der Waals surface area contributed by atoms with Crippen molar-refractivity contribution in [1.82, 2.24) is 0 Å². The third-order valence-electron chi connectivity index (χ3n) is 7.75.